The van der Waals surface area contributed by atoms with Crippen LogP contribution in [-0.4, -0.2) is 151 Å². The van der Waals surface area contributed by atoms with Gasteiger partial charge in [-0.2, -0.15) is 31.7 Å². The van der Waals surface area contributed by atoms with Gasteiger partial charge in [0.25, 0.3) is 0 Å². The van der Waals surface area contributed by atoms with E-state index in [-0.39, 0.29) is 63.1 Å². The lowest BCUT2D eigenvalue weighted by molar-refractivity contribution is 0.0853. The summed E-state index contributed by atoms with van der Waals surface area (Å²) in [6.45, 7) is 8.47. The molecule has 8 aromatic rings. The van der Waals surface area contributed by atoms with Gasteiger partial charge in [0.2, 0.25) is 0 Å². The molecular formula is C61H66F2N10O5S. The monoisotopic (exact) mass is 1090 g/mol. The quantitative estimate of drug-likeness (QED) is 0.126. The number of ether oxygens (including phenoxy) is 3. The minimum Gasteiger partial charge on any atom is -0.508 e. The molecular weight excluding hydrogens is 1020 g/mol. The SMILES string of the molecule is CN(c1nc(OCC23CCCN2CCC3)nc2c(F)c(-c3cc(O)cc4ccccc34)ncc12)C1CCOCC1.Oc1cc(-c2ncc3c(N4CCCSCC4)nc(OCC45CCCN4CCC5)nc3c2F)c2ccccc2c1. The summed E-state index contributed by atoms with van der Waals surface area (Å²) in [5.74, 6) is 2.42. The molecule has 6 saturated heterocycles. The number of hydrogen-bond acceptors (Lipinski definition) is 16. The molecule has 2 N–H and O–H groups in total. The van der Waals surface area contributed by atoms with Gasteiger partial charge < -0.3 is 34.2 Å². The molecule has 4 aromatic carbocycles. The zero-order valence-corrected chi connectivity index (χ0v) is 45.5. The Morgan fingerprint density at radius 2 is 1.14 bits per heavy atom. The minimum absolute atomic E-state index is 0.0213. The Morgan fingerprint density at radius 1 is 0.620 bits per heavy atom. The molecule has 0 saturated carbocycles. The molecule has 14 rings (SSSR count). The molecule has 10 heterocycles. The van der Waals surface area contributed by atoms with Crippen molar-refractivity contribution < 1.29 is 33.2 Å². The van der Waals surface area contributed by atoms with E-state index in [4.69, 9.17) is 24.2 Å². The molecule has 6 aliphatic heterocycles. The molecule has 410 valence electrons. The molecule has 0 spiro atoms. The number of pyridine rings is 2. The Kier molecular flexibility index (Phi) is 14.2. The van der Waals surface area contributed by atoms with Crippen LogP contribution in [0, 0.1) is 11.6 Å². The average molecular weight is 1090 g/mol. The third kappa shape index (κ3) is 9.86. The fourth-order valence-electron chi connectivity index (χ4n) is 13.6. The van der Waals surface area contributed by atoms with Gasteiger partial charge in [0.05, 0.1) is 21.9 Å². The Labute approximate surface area is 462 Å². The summed E-state index contributed by atoms with van der Waals surface area (Å²) in [5, 5.41) is 25.2. The number of anilines is 2. The van der Waals surface area contributed by atoms with Crippen LogP contribution in [0.1, 0.15) is 70.6 Å². The van der Waals surface area contributed by atoms with Crippen molar-refractivity contribution in [2.75, 3.05) is 94.0 Å². The van der Waals surface area contributed by atoms with Crippen LogP contribution in [0.4, 0.5) is 20.4 Å². The minimum atomic E-state index is -0.552. The zero-order chi connectivity index (χ0) is 53.7. The van der Waals surface area contributed by atoms with Gasteiger partial charge in [-0.15, -0.1) is 0 Å². The number of phenols is 2. The van der Waals surface area contributed by atoms with Crippen molar-refractivity contribution >= 4 is 66.7 Å². The molecule has 6 aliphatic rings. The lowest BCUT2D eigenvalue weighted by Crippen LogP contribution is -2.43. The van der Waals surface area contributed by atoms with E-state index in [1.807, 2.05) is 67.3 Å². The van der Waals surface area contributed by atoms with Crippen molar-refractivity contribution in [2.45, 2.75) is 87.7 Å². The number of rotatable bonds is 11. The van der Waals surface area contributed by atoms with Gasteiger partial charge in [0, 0.05) is 68.7 Å². The first kappa shape index (κ1) is 51.7. The van der Waals surface area contributed by atoms with Crippen molar-refractivity contribution in [1.82, 2.24) is 39.7 Å². The van der Waals surface area contributed by atoms with Crippen LogP contribution >= 0.6 is 11.8 Å². The fourth-order valence-corrected chi connectivity index (χ4v) is 14.4. The van der Waals surface area contributed by atoms with Crippen molar-refractivity contribution in [3.63, 3.8) is 0 Å². The summed E-state index contributed by atoms with van der Waals surface area (Å²) < 4.78 is 51.2. The lowest BCUT2D eigenvalue weighted by atomic mass is 9.95. The van der Waals surface area contributed by atoms with E-state index < -0.39 is 11.6 Å². The van der Waals surface area contributed by atoms with E-state index in [0.29, 0.717) is 60.0 Å². The lowest BCUT2D eigenvalue weighted by Gasteiger charge is -2.33. The van der Waals surface area contributed by atoms with Crippen LogP contribution in [0.3, 0.4) is 0 Å². The van der Waals surface area contributed by atoms with Crippen LogP contribution < -0.4 is 19.3 Å². The normalized spacial score (nSPS) is 19.4. The number of hydrogen-bond donors (Lipinski definition) is 2. The molecule has 0 aliphatic carbocycles. The number of fused-ring (bicyclic) bond motifs is 6. The number of thioether (sulfide) groups is 1. The average Bonchev–Trinajstić information content (AvgIpc) is 4.24. The van der Waals surface area contributed by atoms with E-state index in [1.54, 1.807) is 36.7 Å². The summed E-state index contributed by atoms with van der Waals surface area (Å²) in [4.78, 5) is 37.5. The largest absolute Gasteiger partial charge is 0.508 e. The zero-order valence-electron chi connectivity index (χ0n) is 44.7. The molecule has 0 atom stereocenters. The smallest absolute Gasteiger partial charge is 0.319 e. The van der Waals surface area contributed by atoms with Crippen LogP contribution in [0.15, 0.2) is 85.2 Å². The predicted octanol–water partition coefficient (Wildman–Crippen LogP) is 11.0. The van der Waals surface area contributed by atoms with E-state index in [9.17, 15) is 10.2 Å². The highest BCUT2D eigenvalue weighted by Crippen LogP contribution is 2.43. The van der Waals surface area contributed by atoms with Crippen molar-refractivity contribution in [2.24, 2.45) is 0 Å². The van der Waals surface area contributed by atoms with Crippen LogP contribution in [0.2, 0.25) is 0 Å². The summed E-state index contributed by atoms with van der Waals surface area (Å²) in [6.07, 6.45) is 15.2. The van der Waals surface area contributed by atoms with Gasteiger partial charge in [-0.25, -0.2) is 8.78 Å². The molecule has 18 heteroatoms. The summed E-state index contributed by atoms with van der Waals surface area (Å²) in [5.41, 5.74) is 1.79. The number of halogens is 2. The van der Waals surface area contributed by atoms with Gasteiger partial charge in [-0.3, -0.25) is 19.8 Å². The highest BCUT2D eigenvalue weighted by Gasteiger charge is 2.46. The predicted molar refractivity (Wildman–Crippen MR) is 307 cm³/mol. The van der Waals surface area contributed by atoms with E-state index in [2.05, 4.69) is 39.5 Å². The first-order valence-electron chi connectivity index (χ1n) is 28.2. The Balaban J connectivity index is 0.000000150. The van der Waals surface area contributed by atoms with Crippen molar-refractivity contribution in [1.29, 1.82) is 0 Å². The maximum absolute atomic E-state index is 16.5. The maximum atomic E-state index is 16.5. The molecule has 0 bridgehead atoms. The van der Waals surface area contributed by atoms with E-state index in [1.165, 1.54) is 25.7 Å². The van der Waals surface area contributed by atoms with E-state index >= 15 is 8.78 Å². The molecule has 79 heavy (non-hydrogen) atoms. The highest BCUT2D eigenvalue weighted by atomic mass is 32.2. The first-order valence-corrected chi connectivity index (χ1v) is 29.3. The molecule has 0 amide bonds. The molecule has 4 aromatic heterocycles. The third-order valence-corrected chi connectivity index (χ3v) is 18.7. The summed E-state index contributed by atoms with van der Waals surface area (Å²) >= 11 is 1.93. The second-order valence-electron chi connectivity index (χ2n) is 22.3. The standard InChI is InChI=1S/C31H34FN5O3.C30H32FN5O2S/c1-36(21-8-14-39-15-9-21)29-25-18-33-27(24-17-22(38)16-20-6-2-3-7-23(20)24)26(32)28(25)34-30(35-29)40-19-31-10-4-12-37(31)13-5-11-31;31-25-26(23-17-21(37)16-20-6-1-2-7-22(20)23)32-18-24-27(25)33-29(34-28(24)35-10-5-14-39-15-13-35)38-19-30-8-3-11-36(30)12-4-9-30/h2-3,6-7,16-18,21,38H,4-5,8-15,19H2,1H3;1-2,6-7,16-18,37H,3-5,8-15,19H2. The molecule has 15 nitrogen and oxygen atoms in total. The Hall–Kier alpha value is -6.73. The second kappa shape index (κ2) is 21.7. The number of aromatic hydroxyl groups is 2. The maximum Gasteiger partial charge on any atom is 0.319 e. The number of phenolic OH excluding ortho intramolecular Hbond substituents is 2. The van der Waals surface area contributed by atoms with Gasteiger partial charge in [-0.05, 0) is 148 Å². The number of nitrogens with zero attached hydrogens (tertiary/aromatic N) is 10. The van der Waals surface area contributed by atoms with Crippen molar-refractivity contribution in [3.8, 4) is 46.0 Å². The molecule has 0 unspecified atom stereocenters. The van der Waals surface area contributed by atoms with Crippen LogP contribution in [0.25, 0.3) is 65.9 Å². The van der Waals surface area contributed by atoms with Crippen LogP contribution in [-0.2, 0) is 4.74 Å². The number of aromatic nitrogens is 6. The van der Waals surface area contributed by atoms with Gasteiger partial charge in [0.15, 0.2) is 11.6 Å². The summed E-state index contributed by atoms with van der Waals surface area (Å²) in [6, 6.07) is 22.3. The Morgan fingerprint density at radius 3 is 1.71 bits per heavy atom. The fraction of sp³-hybridized carbons (Fsp3) is 0.443. The molecule has 6 fully saturated rings. The highest BCUT2D eigenvalue weighted by molar-refractivity contribution is 7.99. The third-order valence-electron chi connectivity index (χ3n) is 17.6. The molecule has 0 radical (unpaired) electrons. The Bertz CT molecular complexity index is 3560. The summed E-state index contributed by atoms with van der Waals surface area (Å²) in [7, 11) is 1.99. The first-order chi connectivity index (χ1) is 38.6. The van der Waals surface area contributed by atoms with Gasteiger partial charge in [0.1, 0.15) is 58.8 Å². The van der Waals surface area contributed by atoms with Crippen LogP contribution in [0.5, 0.6) is 23.5 Å². The van der Waals surface area contributed by atoms with Gasteiger partial charge in [-0.1, -0.05) is 48.5 Å². The van der Waals surface area contributed by atoms with Crippen molar-refractivity contribution in [3.05, 3.63) is 96.8 Å². The topological polar surface area (TPSA) is 158 Å². The number of benzene rings is 4. The van der Waals surface area contributed by atoms with Gasteiger partial charge >= 0.3 is 12.0 Å². The van der Waals surface area contributed by atoms with E-state index in [0.717, 1.165) is 117 Å². The second-order valence-corrected chi connectivity index (χ2v) is 23.5.